The Kier molecular flexibility index (Phi) is 7.90. The maximum Gasteiger partial charge on any atom is 0.393 e. The summed E-state index contributed by atoms with van der Waals surface area (Å²) in [5, 5.41) is 23.0. The highest BCUT2D eigenvalue weighted by atomic mass is 19.4. The van der Waals surface area contributed by atoms with Crippen LogP contribution < -0.4 is 16.0 Å². The van der Waals surface area contributed by atoms with E-state index in [4.69, 9.17) is 5.73 Å². The molecule has 0 spiro atoms. The number of amides is 1. The second kappa shape index (κ2) is 11.1. The summed E-state index contributed by atoms with van der Waals surface area (Å²) in [7, 11) is 0. The number of rotatable bonds is 5. The van der Waals surface area contributed by atoms with Crippen LogP contribution in [0.15, 0.2) is 30.5 Å². The molecule has 43 heavy (non-hydrogen) atoms. The number of hydrogen-bond donors (Lipinski definition) is 4. The number of halogens is 6. The third kappa shape index (κ3) is 6.04. The Bertz CT molecular complexity index is 1550. The molecule has 2 aliphatic rings. The van der Waals surface area contributed by atoms with E-state index in [0.29, 0.717) is 5.56 Å². The van der Waals surface area contributed by atoms with Crippen molar-refractivity contribution in [3.05, 3.63) is 70.4 Å². The molecular weight excluding hydrogens is 580 g/mol. The van der Waals surface area contributed by atoms with Crippen LogP contribution in [-0.4, -0.2) is 51.4 Å². The van der Waals surface area contributed by atoms with Crippen LogP contribution in [0.2, 0.25) is 0 Å². The second-order valence-corrected chi connectivity index (χ2v) is 11.4. The Morgan fingerprint density at radius 2 is 1.77 bits per heavy atom. The van der Waals surface area contributed by atoms with Gasteiger partial charge in [0.25, 0.3) is 5.91 Å². The zero-order chi connectivity index (χ0) is 31.4. The van der Waals surface area contributed by atoms with Crippen molar-refractivity contribution in [1.29, 1.82) is 0 Å². The molecule has 2 aromatic heterocycles. The maximum atomic E-state index is 15.0. The van der Waals surface area contributed by atoms with Crippen LogP contribution in [-0.2, 0) is 12.0 Å². The minimum absolute atomic E-state index is 0.00689. The molecule has 230 valence electrons. The van der Waals surface area contributed by atoms with Crippen molar-refractivity contribution in [3.63, 3.8) is 0 Å². The van der Waals surface area contributed by atoms with E-state index in [1.807, 2.05) is 0 Å². The predicted molar refractivity (Wildman–Crippen MR) is 145 cm³/mol. The van der Waals surface area contributed by atoms with E-state index in [2.05, 4.69) is 15.3 Å². The van der Waals surface area contributed by atoms with Gasteiger partial charge in [-0.25, -0.2) is 18.2 Å². The van der Waals surface area contributed by atoms with Crippen molar-refractivity contribution in [2.24, 2.45) is 11.7 Å². The van der Waals surface area contributed by atoms with E-state index in [1.54, 1.807) is 0 Å². The molecule has 0 bridgehead atoms. The summed E-state index contributed by atoms with van der Waals surface area (Å²) >= 11 is 0. The van der Waals surface area contributed by atoms with Crippen LogP contribution in [0.4, 0.5) is 37.7 Å². The lowest BCUT2D eigenvalue weighted by molar-refractivity contribution is -0.177. The fraction of sp³-hybridized carbons (Fsp3) is 0.414. The van der Waals surface area contributed by atoms with E-state index < -0.39 is 76.7 Å². The Labute approximate surface area is 242 Å². The van der Waals surface area contributed by atoms with Crippen molar-refractivity contribution in [3.8, 4) is 11.3 Å². The number of piperidine rings is 1. The highest BCUT2D eigenvalue weighted by Gasteiger charge is 2.45. The first-order valence-corrected chi connectivity index (χ1v) is 13.5. The number of pyridine rings is 2. The first-order chi connectivity index (χ1) is 20.0. The molecular formula is C29H29F6N5O3. The largest absolute Gasteiger partial charge is 0.393 e. The standard InChI is InChI=1S/C29H29F6N5O3/c1-28(2,43)13-8-18(31)23(19(32)9-13)25-17(30)4-5-20(38-25)27(42)39-21-10-37-24-16(3-6-22(24)41)26(21)40-11-14(29(33,34)35)7-15(36)12-40/h4-5,8-10,14-15,22,41,43H,3,6-7,11-12,36H2,1-2H3,(H,39,42)/t14-,15+,22?/m1/s1. The number of fused-ring (bicyclic) bond motifs is 1. The Hall–Kier alpha value is -3.75. The molecule has 3 aromatic rings. The number of aromatic nitrogens is 2. The van der Waals surface area contributed by atoms with Gasteiger partial charge in [-0.2, -0.15) is 13.2 Å². The number of anilines is 2. The summed E-state index contributed by atoms with van der Waals surface area (Å²) < 4.78 is 85.9. The fourth-order valence-corrected chi connectivity index (χ4v) is 5.60. The Morgan fingerprint density at radius 1 is 1.09 bits per heavy atom. The van der Waals surface area contributed by atoms with Gasteiger partial charge in [-0.15, -0.1) is 0 Å². The molecule has 1 amide bonds. The summed E-state index contributed by atoms with van der Waals surface area (Å²) in [6.07, 6.45) is -3.97. The summed E-state index contributed by atoms with van der Waals surface area (Å²) in [6.45, 7) is 2.23. The van der Waals surface area contributed by atoms with Crippen LogP contribution in [0.5, 0.6) is 0 Å². The Balaban J connectivity index is 1.52. The van der Waals surface area contributed by atoms with Gasteiger partial charge < -0.3 is 26.2 Å². The smallest absolute Gasteiger partial charge is 0.387 e. The first-order valence-electron chi connectivity index (χ1n) is 13.5. The average Bonchev–Trinajstić information content (AvgIpc) is 3.28. The summed E-state index contributed by atoms with van der Waals surface area (Å²) in [5.74, 6) is -6.25. The lowest BCUT2D eigenvalue weighted by Crippen LogP contribution is -2.51. The van der Waals surface area contributed by atoms with E-state index in [9.17, 15) is 41.4 Å². The van der Waals surface area contributed by atoms with Gasteiger partial charge in [-0.1, -0.05) is 0 Å². The fourth-order valence-electron chi connectivity index (χ4n) is 5.60. The number of carbonyl (C=O) groups excluding carboxylic acids is 1. The highest BCUT2D eigenvalue weighted by molar-refractivity contribution is 6.05. The molecule has 0 saturated carbocycles. The minimum atomic E-state index is -4.51. The molecule has 1 unspecified atom stereocenters. The molecule has 1 fully saturated rings. The minimum Gasteiger partial charge on any atom is -0.387 e. The van der Waals surface area contributed by atoms with E-state index in [1.165, 1.54) is 24.9 Å². The van der Waals surface area contributed by atoms with Gasteiger partial charge >= 0.3 is 6.18 Å². The summed E-state index contributed by atoms with van der Waals surface area (Å²) in [6, 6.07) is 2.63. The monoisotopic (exact) mass is 609 g/mol. The van der Waals surface area contributed by atoms with Gasteiger partial charge in [-0.05, 0) is 62.9 Å². The maximum absolute atomic E-state index is 15.0. The number of nitrogens with two attached hydrogens (primary N) is 1. The third-order valence-electron chi connectivity index (χ3n) is 7.74. The highest BCUT2D eigenvalue weighted by Crippen LogP contribution is 2.43. The van der Waals surface area contributed by atoms with Gasteiger partial charge in [0.2, 0.25) is 0 Å². The predicted octanol–water partition coefficient (Wildman–Crippen LogP) is 4.74. The van der Waals surface area contributed by atoms with Gasteiger partial charge in [0.1, 0.15) is 28.8 Å². The summed E-state index contributed by atoms with van der Waals surface area (Å²) in [5.41, 5.74) is 3.17. The van der Waals surface area contributed by atoms with Crippen LogP contribution in [0.25, 0.3) is 11.3 Å². The normalized spacial score (nSPS) is 20.7. The number of carbonyl (C=O) groups is 1. The lowest BCUT2D eigenvalue weighted by Gasteiger charge is -2.40. The van der Waals surface area contributed by atoms with Crippen LogP contribution in [0.1, 0.15) is 60.1 Å². The topological polar surface area (TPSA) is 125 Å². The molecule has 14 heteroatoms. The summed E-state index contributed by atoms with van der Waals surface area (Å²) in [4.78, 5) is 22.8. The number of aliphatic hydroxyl groups is 2. The number of nitrogens with one attached hydrogen (secondary N) is 1. The van der Waals surface area contributed by atoms with Crippen molar-refractivity contribution >= 4 is 17.3 Å². The zero-order valence-corrected chi connectivity index (χ0v) is 23.1. The van der Waals surface area contributed by atoms with Crippen molar-refractivity contribution < 1.29 is 41.4 Å². The number of hydrogen-bond acceptors (Lipinski definition) is 7. The van der Waals surface area contributed by atoms with Crippen molar-refractivity contribution in [1.82, 2.24) is 9.97 Å². The molecule has 1 aliphatic carbocycles. The van der Waals surface area contributed by atoms with Crippen molar-refractivity contribution in [2.75, 3.05) is 23.3 Å². The molecule has 8 nitrogen and oxygen atoms in total. The third-order valence-corrected chi connectivity index (χ3v) is 7.74. The molecule has 3 heterocycles. The van der Waals surface area contributed by atoms with Crippen molar-refractivity contribution in [2.45, 2.75) is 57.0 Å². The quantitative estimate of drug-likeness (QED) is 0.308. The van der Waals surface area contributed by atoms with E-state index in [-0.39, 0.29) is 48.4 Å². The molecule has 5 N–H and O–H groups in total. The molecule has 3 atom stereocenters. The van der Waals surface area contributed by atoms with E-state index >= 15 is 0 Å². The lowest BCUT2D eigenvalue weighted by atomic mass is 9.93. The van der Waals surface area contributed by atoms with Gasteiger partial charge in [0.15, 0.2) is 0 Å². The van der Waals surface area contributed by atoms with Crippen LogP contribution in [0.3, 0.4) is 0 Å². The van der Waals surface area contributed by atoms with Gasteiger partial charge in [0.05, 0.1) is 46.5 Å². The van der Waals surface area contributed by atoms with E-state index in [0.717, 1.165) is 24.3 Å². The number of alkyl halides is 3. The SMILES string of the molecule is CC(C)(O)c1cc(F)c(-c2nc(C(=O)Nc3cnc4c(c3N3C[C@@H](N)C[C@@H](C(F)(F)F)C3)CCC4O)ccc2F)c(F)c1. The zero-order valence-electron chi connectivity index (χ0n) is 23.1. The Morgan fingerprint density at radius 3 is 2.40 bits per heavy atom. The van der Waals surface area contributed by atoms with Gasteiger partial charge in [-0.3, -0.25) is 9.78 Å². The first kappa shape index (κ1) is 30.7. The molecule has 1 aromatic carbocycles. The number of benzene rings is 1. The van der Waals surface area contributed by atoms with Crippen LogP contribution in [0, 0.1) is 23.4 Å². The van der Waals surface area contributed by atoms with Gasteiger partial charge in [0, 0.05) is 24.7 Å². The molecule has 1 saturated heterocycles. The average molecular weight is 610 g/mol. The second-order valence-electron chi connectivity index (χ2n) is 11.4. The molecule has 1 aliphatic heterocycles. The van der Waals surface area contributed by atoms with Crippen LogP contribution >= 0.6 is 0 Å². The molecule has 0 radical (unpaired) electrons. The number of nitrogens with zero attached hydrogens (tertiary/aromatic N) is 3. The number of aliphatic hydroxyl groups excluding tert-OH is 1. The molecule has 5 rings (SSSR count).